The third-order valence-electron chi connectivity index (χ3n) is 2.68. The predicted molar refractivity (Wildman–Crippen MR) is 60.4 cm³/mol. The number of hydrogen-bond acceptors (Lipinski definition) is 2. The van der Waals surface area contributed by atoms with E-state index in [1.807, 2.05) is 18.2 Å². The lowest BCUT2D eigenvalue weighted by Gasteiger charge is -2.31. The number of benzene rings is 1. The molecule has 3 heteroatoms. The van der Waals surface area contributed by atoms with Gasteiger partial charge in [0, 0.05) is 18.1 Å². The van der Waals surface area contributed by atoms with Crippen LogP contribution in [0.4, 0.5) is 5.69 Å². The van der Waals surface area contributed by atoms with Gasteiger partial charge in [-0.1, -0.05) is 12.1 Å². The van der Waals surface area contributed by atoms with E-state index >= 15 is 0 Å². The highest BCUT2D eigenvalue weighted by Gasteiger charge is 2.24. The molecule has 1 unspecified atom stereocenters. The Kier molecular flexibility index (Phi) is 2.47. The summed E-state index contributed by atoms with van der Waals surface area (Å²) in [6, 6.07) is 8.42. The second-order valence-electron chi connectivity index (χ2n) is 3.57. The number of hydrogen-bond donors (Lipinski definition) is 0. The highest BCUT2D eigenvalue weighted by Crippen LogP contribution is 2.38. The standard InChI is InChI=1S/C11H11BrN2/c1-14-6-5-8(7-13)9-3-2-4-10(12)11(9)14/h2-4,8H,5-6H2,1H3. The number of rotatable bonds is 0. The molecular formula is C11H11BrN2. The number of halogens is 1. The molecule has 2 nitrogen and oxygen atoms in total. The highest BCUT2D eigenvalue weighted by molar-refractivity contribution is 9.10. The third-order valence-corrected chi connectivity index (χ3v) is 3.32. The monoisotopic (exact) mass is 250 g/mol. The molecule has 0 N–H and O–H groups in total. The van der Waals surface area contributed by atoms with E-state index in [0.29, 0.717) is 0 Å². The molecule has 1 aliphatic heterocycles. The molecule has 0 saturated heterocycles. The molecule has 1 aromatic rings. The van der Waals surface area contributed by atoms with Crippen molar-refractivity contribution >= 4 is 21.6 Å². The Morgan fingerprint density at radius 2 is 2.36 bits per heavy atom. The van der Waals surface area contributed by atoms with Crippen LogP contribution in [-0.4, -0.2) is 13.6 Å². The van der Waals surface area contributed by atoms with Crippen LogP contribution in [0.2, 0.25) is 0 Å². The minimum Gasteiger partial charge on any atom is -0.373 e. The van der Waals surface area contributed by atoms with E-state index in [0.717, 1.165) is 23.0 Å². The average Bonchev–Trinajstić information content (AvgIpc) is 2.18. The number of fused-ring (bicyclic) bond motifs is 1. The van der Waals surface area contributed by atoms with Gasteiger partial charge in [0.1, 0.15) is 0 Å². The first-order chi connectivity index (χ1) is 6.74. The Balaban J connectivity index is 2.57. The maximum absolute atomic E-state index is 9.03. The second-order valence-corrected chi connectivity index (χ2v) is 4.42. The number of nitrogens with zero attached hydrogens (tertiary/aromatic N) is 2. The quantitative estimate of drug-likeness (QED) is 0.708. The van der Waals surface area contributed by atoms with Crippen molar-refractivity contribution in [3.8, 4) is 6.07 Å². The molecule has 1 heterocycles. The van der Waals surface area contributed by atoms with Gasteiger partial charge in [-0.3, -0.25) is 0 Å². The van der Waals surface area contributed by atoms with Gasteiger partial charge in [0.15, 0.2) is 0 Å². The molecule has 1 aromatic carbocycles. The van der Waals surface area contributed by atoms with Gasteiger partial charge in [0.05, 0.1) is 17.7 Å². The van der Waals surface area contributed by atoms with Crippen molar-refractivity contribution in [2.45, 2.75) is 12.3 Å². The summed E-state index contributed by atoms with van der Waals surface area (Å²) < 4.78 is 1.08. The summed E-state index contributed by atoms with van der Waals surface area (Å²) in [5.41, 5.74) is 2.32. The summed E-state index contributed by atoms with van der Waals surface area (Å²) in [4.78, 5) is 2.20. The van der Waals surface area contributed by atoms with Crippen molar-refractivity contribution in [1.29, 1.82) is 5.26 Å². The van der Waals surface area contributed by atoms with E-state index < -0.39 is 0 Å². The zero-order valence-corrected chi connectivity index (χ0v) is 9.58. The SMILES string of the molecule is CN1CCC(C#N)c2cccc(Br)c21. The Hall–Kier alpha value is -1.01. The van der Waals surface area contributed by atoms with Gasteiger partial charge in [0.2, 0.25) is 0 Å². The number of anilines is 1. The summed E-state index contributed by atoms with van der Waals surface area (Å²) >= 11 is 3.53. The van der Waals surface area contributed by atoms with Crippen LogP contribution >= 0.6 is 15.9 Å². The van der Waals surface area contributed by atoms with Gasteiger partial charge >= 0.3 is 0 Å². The summed E-state index contributed by atoms with van der Waals surface area (Å²) in [6.45, 7) is 0.952. The van der Waals surface area contributed by atoms with Gasteiger partial charge in [0.25, 0.3) is 0 Å². The van der Waals surface area contributed by atoms with E-state index in [9.17, 15) is 0 Å². The minimum absolute atomic E-state index is 0.0544. The predicted octanol–water partition coefficient (Wildman–Crippen LogP) is 2.90. The average molecular weight is 251 g/mol. The van der Waals surface area contributed by atoms with Crippen LogP contribution in [0, 0.1) is 11.3 Å². The van der Waals surface area contributed by atoms with Crippen molar-refractivity contribution in [2.75, 3.05) is 18.5 Å². The molecule has 0 bridgehead atoms. The molecule has 0 amide bonds. The molecule has 0 aliphatic carbocycles. The summed E-state index contributed by atoms with van der Waals surface area (Å²) in [5, 5.41) is 9.03. The largest absolute Gasteiger partial charge is 0.373 e. The lowest BCUT2D eigenvalue weighted by molar-refractivity contribution is 0.688. The first-order valence-electron chi connectivity index (χ1n) is 4.63. The van der Waals surface area contributed by atoms with Crippen molar-refractivity contribution in [3.05, 3.63) is 28.2 Å². The zero-order chi connectivity index (χ0) is 10.1. The summed E-state index contributed by atoms with van der Waals surface area (Å²) in [5.74, 6) is 0.0544. The maximum atomic E-state index is 9.03. The van der Waals surface area contributed by atoms with Crippen molar-refractivity contribution < 1.29 is 0 Å². The Morgan fingerprint density at radius 1 is 1.57 bits per heavy atom. The van der Waals surface area contributed by atoms with E-state index in [-0.39, 0.29) is 5.92 Å². The van der Waals surface area contributed by atoms with Crippen LogP contribution in [0.5, 0.6) is 0 Å². The fourth-order valence-electron chi connectivity index (χ4n) is 1.94. The first kappa shape index (κ1) is 9.54. The van der Waals surface area contributed by atoms with Gasteiger partial charge in [-0.25, -0.2) is 0 Å². The lowest BCUT2D eigenvalue weighted by atomic mass is 9.91. The molecule has 0 aromatic heterocycles. The molecule has 72 valence electrons. The normalized spacial score (nSPS) is 20.1. The van der Waals surface area contributed by atoms with Gasteiger partial charge < -0.3 is 4.90 Å². The fourth-order valence-corrected chi connectivity index (χ4v) is 2.62. The van der Waals surface area contributed by atoms with Crippen LogP contribution in [-0.2, 0) is 0 Å². The Morgan fingerprint density at radius 3 is 3.07 bits per heavy atom. The smallest absolute Gasteiger partial charge is 0.0750 e. The minimum atomic E-state index is 0.0544. The van der Waals surface area contributed by atoms with E-state index in [2.05, 4.69) is 33.9 Å². The van der Waals surface area contributed by atoms with Gasteiger partial charge in [-0.15, -0.1) is 0 Å². The van der Waals surface area contributed by atoms with Crippen molar-refractivity contribution in [2.24, 2.45) is 0 Å². The number of para-hydroxylation sites is 1. The van der Waals surface area contributed by atoms with E-state index in [4.69, 9.17) is 5.26 Å². The lowest BCUT2D eigenvalue weighted by Crippen LogP contribution is -2.27. The van der Waals surface area contributed by atoms with Crippen LogP contribution in [0.25, 0.3) is 0 Å². The summed E-state index contributed by atoms with van der Waals surface area (Å²) in [7, 11) is 2.07. The molecular weight excluding hydrogens is 240 g/mol. The molecule has 0 saturated carbocycles. The Bertz CT molecular complexity index is 395. The molecule has 1 atom stereocenters. The molecule has 14 heavy (non-hydrogen) atoms. The van der Waals surface area contributed by atoms with E-state index in [1.165, 1.54) is 5.69 Å². The summed E-state index contributed by atoms with van der Waals surface area (Å²) in [6.07, 6.45) is 0.927. The van der Waals surface area contributed by atoms with Crippen LogP contribution in [0.1, 0.15) is 17.9 Å². The molecule has 0 spiro atoms. The molecule has 0 radical (unpaired) electrons. The molecule has 2 rings (SSSR count). The maximum Gasteiger partial charge on any atom is 0.0750 e. The topological polar surface area (TPSA) is 27.0 Å². The zero-order valence-electron chi connectivity index (χ0n) is 8.00. The number of nitriles is 1. The second kappa shape index (κ2) is 3.62. The van der Waals surface area contributed by atoms with Gasteiger partial charge in [-0.2, -0.15) is 5.26 Å². The third kappa shape index (κ3) is 1.40. The van der Waals surface area contributed by atoms with Crippen molar-refractivity contribution in [3.63, 3.8) is 0 Å². The van der Waals surface area contributed by atoms with Crippen molar-refractivity contribution in [1.82, 2.24) is 0 Å². The van der Waals surface area contributed by atoms with Crippen LogP contribution < -0.4 is 4.90 Å². The van der Waals surface area contributed by atoms with E-state index in [1.54, 1.807) is 0 Å². The van der Waals surface area contributed by atoms with Crippen LogP contribution in [0.15, 0.2) is 22.7 Å². The molecule has 0 fully saturated rings. The fraction of sp³-hybridized carbons (Fsp3) is 0.364. The molecule has 1 aliphatic rings. The first-order valence-corrected chi connectivity index (χ1v) is 5.42. The van der Waals surface area contributed by atoms with Crippen LogP contribution in [0.3, 0.4) is 0 Å². The Labute approximate surface area is 92.3 Å². The highest BCUT2D eigenvalue weighted by atomic mass is 79.9. The van der Waals surface area contributed by atoms with Gasteiger partial charge in [-0.05, 0) is 34.0 Å².